The molecule has 0 spiro atoms. The van der Waals surface area contributed by atoms with Crippen molar-refractivity contribution in [3.8, 4) is 0 Å². The summed E-state index contributed by atoms with van der Waals surface area (Å²) in [5.41, 5.74) is 5.55. The molecule has 1 saturated heterocycles. The van der Waals surface area contributed by atoms with Crippen LogP contribution in [0.25, 0.3) is 10.9 Å². The second-order valence-corrected chi connectivity index (χ2v) is 9.12. The minimum atomic E-state index is 0.0421. The molecule has 1 aromatic carbocycles. The molecule has 5 rings (SSSR count). The van der Waals surface area contributed by atoms with Gasteiger partial charge in [-0.2, -0.15) is 0 Å². The molecular weight excluding hydrogens is 410 g/mol. The van der Waals surface area contributed by atoms with E-state index in [0.29, 0.717) is 5.69 Å². The fraction of sp³-hybridized carbons (Fsp3) is 0.407. The van der Waals surface area contributed by atoms with Crippen LogP contribution in [0.5, 0.6) is 0 Å². The zero-order chi connectivity index (χ0) is 22.9. The minimum Gasteiger partial charge on any atom is -0.350 e. The SMILES string of the molecule is C=CCn1c(C)cc2cc(C(=O)N3CCN(CC)CC3)nc(N3CCc4ccccc4C3)c21. The van der Waals surface area contributed by atoms with Crippen LogP contribution >= 0.6 is 0 Å². The summed E-state index contributed by atoms with van der Waals surface area (Å²) in [7, 11) is 0. The van der Waals surface area contributed by atoms with Crippen molar-refractivity contribution < 1.29 is 4.79 Å². The normalized spacial score (nSPS) is 16.8. The molecule has 0 atom stereocenters. The molecule has 0 aliphatic carbocycles. The highest BCUT2D eigenvalue weighted by molar-refractivity contribution is 6.00. The summed E-state index contributed by atoms with van der Waals surface area (Å²) in [4.78, 5) is 25.2. The first-order valence-electron chi connectivity index (χ1n) is 12.0. The molecule has 33 heavy (non-hydrogen) atoms. The molecule has 0 saturated carbocycles. The molecule has 2 aromatic heterocycles. The minimum absolute atomic E-state index is 0.0421. The first kappa shape index (κ1) is 21.7. The van der Waals surface area contributed by atoms with E-state index in [4.69, 9.17) is 4.98 Å². The van der Waals surface area contributed by atoms with Crippen LogP contribution in [-0.2, 0) is 19.5 Å². The molecule has 2 aliphatic heterocycles. The van der Waals surface area contributed by atoms with Crippen molar-refractivity contribution in [1.29, 1.82) is 0 Å². The number of fused-ring (bicyclic) bond motifs is 2. The van der Waals surface area contributed by atoms with Gasteiger partial charge in [0.1, 0.15) is 5.69 Å². The third-order valence-electron chi connectivity index (χ3n) is 7.13. The lowest BCUT2D eigenvalue weighted by Gasteiger charge is -2.34. The Kier molecular flexibility index (Phi) is 5.94. The molecule has 0 unspecified atom stereocenters. The molecule has 2 aliphatic rings. The number of carbonyl (C=O) groups excluding carboxylic acids is 1. The maximum Gasteiger partial charge on any atom is 0.272 e. The van der Waals surface area contributed by atoms with Crippen molar-refractivity contribution in [3.05, 3.63) is 71.6 Å². The highest BCUT2D eigenvalue weighted by atomic mass is 16.2. The van der Waals surface area contributed by atoms with E-state index in [-0.39, 0.29) is 5.91 Å². The summed E-state index contributed by atoms with van der Waals surface area (Å²) in [5.74, 6) is 0.952. The van der Waals surface area contributed by atoms with Crippen molar-refractivity contribution in [3.63, 3.8) is 0 Å². The molecule has 1 fully saturated rings. The van der Waals surface area contributed by atoms with Crippen molar-refractivity contribution in [2.45, 2.75) is 33.4 Å². The van der Waals surface area contributed by atoms with Crippen LogP contribution in [0.1, 0.15) is 34.2 Å². The van der Waals surface area contributed by atoms with E-state index in [1.54, 1.807) is 0 Å². The van der Waals surface area contributed by atoms with Crippen LogP contribution in [0.4, 0.5) is 5.82 Å². The first-order valence-corrected chi connectivity index (χ1v) is 12.0. The summed E-state index contributed by atoms with van der Waals surface area (Å²) < 4.78 is 2.26. The van der Waals surface area contributed by atoms with Crippen LogP contribution in [0.15, 0.2) is 49.1 Å². The Morgan fingerprint density at radius 2 is 1.85 bits per heavy atom. The standard InChI is InChI=1S/C27H33N5O/c1-4-11-32-20(3)17-23-18-24(27(33)30-15-13-29(5-2)14-16-30)28-26(25(23)32)31-12-10-21-8-6-7-9-22(21)19-31/h4,6-9,17-18H,1,5,10-16,19H2,2-3H3. The van der Waals surface area contributed by atoms with Gasteiger partial charge in [-0.3, -0.25) is 4.79 Å². The number of hydrogen-bond donors (Lipinski definition) is 0. The van der Waals surface area contributed by atoms with Gasteiger partial charge in [0, 0.05) is 56.9 Å². The average molecular weight is 444 g/mol. The number of rotatable bonds is 5. The third kappa shape index (κ3) is 4.04. The van der Waals surface area contributed by atoms with Gasteiger partial charge < -0.3 is 19.3 Å². The number of nitrogens with zero attached hydrogens (tertiary/aromatic N) is 5. The number of allylic oxidation sites excluding steroid dienone is 1. The Hall–Kier alpha value is -3.12. The van der Waals surface area contributed by atoms with Gasteiger partial charge in [-0.15, -0.1) is 6.58 Å². The van der Waals surface area contributed by atoms with E-state index in [9.17, 15) is 4.79 Å². The number of aromatic nitrogens is 2. The smallest absolute Gasteiger partial charge is 0.272 e. The second kappa shape index (κ2) is 9.02. The van der Waals surface area contributed by atoms with Crippen molar-refractivity contribution in [1.82, 2.24) is 19.4 Å². The zero-order valence-corrected chi connectivity index (χ0v) is 19.8. The first-order chi connectivity index (χ1) is 16.1. The molecule has 3 aromatic rings. The number of carbonyl (C=O) groups is 1. The zero-order valence-electron chi connectivity index (χ0n) is 19.8. The van der Waals surface area contributed by atoms with Crippen LogP contribution in [0.3, 0.4) is 0 Å². The quantitative estimate of drug-likeness (QED) is 0.562. The number of hydrogen-bond acceptors (Lipinski definition) is 4. The molecular formula is C27H33N5O. The van der Waals surface area contributed by atoms with E-state index >= 15 is 0 Å². The topological polar surface area (TPSA) is 44.6 Å². The maximum atomic E-state index is 13.5. The van der Waals surface area contributed by atoms with Gasteiger partial charge in [0.15, 0.2) is 5.82 Å². The highest BCUT2D eigenvalue weighted by Crippen LogP contribution is 2.33. The molecule has 172 valence electrons. The van der Waals surface area contributed by atoms with Crippen LogP contribution in [-0.4, -0.2) is 64.5 Å². The maximum absolute atomic E-state index is 13.5. The molecule has 0 N–H and O–H groups in total. The van der Waals surface area contributed by atoms with Gasteiger partial charge in [0.2, 0.25) is 0 Å². The summed E-state index contributed by atoms with van der Waals surface area (Å²) >= 11 is 0. The average Bonchev–Trinajstić information content (AvgIpc) is 3.17. The third-order valence-corrected chi connectivity index (χ3v) is 7.13. The van der Waals surface area contributed by atoms with Gasteiger partial charge >= 0.3 is 0 Å². The molecule has 6 heteroatoms. The highest BCUT2D eigenvalue weighted by Gasteiger charge is 2.27. The number of anilines is 1. The molecule has 6 nitrogen and oxygen atoms in total. The predicted molar refractivity (Wildman–Crippen MR) is 134 cm³/mol. The number of aryl methyl sites for hydroxylation is 1. The Balaban J connectivity index is 1.56. The Bertz CT molecular complexity index is 1190. The van der Waals surface area contributed by atoms with Crippen LogP contribution in [0, 0.1) is 6.92 Å². The van der Waals surface area contributed by atoms with E-state index in [2.05, 4.69) is 65.1 Å². The lowest BCUT2D eigenvalue weighted by Crippen LogP contribution is -2.48. The Labute approximate surface area is 196 Å². The van der Waals surface area contributed by atoms with E-state index in [1.807, 2.05) is 17.0 Å². The Morgan fingerprint density at radius 1 is 1.09 bits per heavy atom. The second-order valence-electron chi connectivity index (χ2n) is 9.12. The van der Waals surface area contributed by atoms with Gasteiger partial charge in [-0.1, -0.05) is 37.3 Å². The molecule has 0 bridgehead atoms. The van der Waals surface area contributed by atoms with Crippen molar-refractivity contribution >= 4 is 22.6 Å². The number of piperazine rings is 1. The number of likely N-dealkylation sites (N-methyl/N-ethyl adjacent to an activating group) is 1. The Morgan fingerprint density at radius 3 is 2.58 bits per heavy atom. The van der Waals surface area contributed by atoms with E-state index < -0.39 is 0 Å². The fourth-order valence-electron chi connectivity index (χ4n) is 5.21. The summed E-state index contributed by atoms with van der Waals surface area (Å²) in [6.45, 7) is 15.1. The monoisotopic (exact) mass is 443 g/mol. The molecule has 0 radical (unpaired) electrons. The van der Waals surface area contributed by atoms with E-state index in [0.717, 1.165) is 81.2 Å². The van der Waals surface area contributed by atoms with Crippen LogP contribution in [0.2, 0.25) is 0 Å². The van der Waals surface area contributed by atoms with Gasteiger partial charge in [0.25, 0.3) is 5.91 Å². The van der Waals surface area contributed by atoms with Gasteiger partial charge in [0.05, 0.1) is 5.52 Å². The van der Waals surface area contributed by atoms with Gasteiger partial charge in [-0.05, 0) is 43.1 Å². The number of benzene rings is 1. The summed E-state index contributed by atoms with van der Waals surface area (Å²) in [5, 5.41) is 1.08. The largest absolute Gasteiger partial charge is 0.350 e. The van der Waals surface area contributed by atoms with Gasteiger partial charge in [-0.25, -0.2) is 4.98 Å². The van der Waals surface area contributed by atoms with Crippen molar-refractivity contribution in [2.75, 3.05) is 44.2 Å². The van der Waals surface area contributed by atoms with Crippen LogP contribution < -0.4 is 4.90 Å². The van der Waals surface area contributed by atoms with E-state index in [1.165, 1.54) is 11.1 Å². The molecule has 1 amide bonds. The lowest BCUT2D eigenvalue weighted by atomic mass is 10.00. The summed E-state index contributed by atoms with van der Waals surface area (Å²) in [6.07, 6.45) is 2.91. The molecule has 4 heterocycles. The summed E-state index contributed by atoms with van der Waals surface area (Å²) in [6, 6.07) is 12.8. The lowest BCUT2D eigenvalue weighted by molar-refractivity contribution is 0.0638. The number of amides is 1. The van der Waals surface area contributed by atoms with Crippen molar-refractivity contribution in [2.24, 2.45) is 0 Å². The fourth-order valence-corrected chi connectivity index (χ4v) is 5.21. The number of pyridine rings is 1. The predicted octanol–water partition coefficient (Wildman–Crippen LogP) is 3.87.